The Balaban J connectivity index is 2.30. The van der Waals surface area contributed by atoms with Crippen molar-refractivity contribution in [2.75, 3.05) is 0 Å². The van der Waals surface area contributed by atoms with E-state index in [0.29, 0.717) is 39.1 Å². The number of aryl methyl sites for hydroxylation is 1. The van der Waals surface area contributed by atoms with Crippen molar-refractivity contribution >= 4 is 34.8 Å². The van der Waals surface area contributed by atoms with Crippen molar-refractivity contribution in [3.63, 3.8) is 0 Å². The number of rotatable bonds is 3. The van der Waals surface area contributed by atoms with Crippen molar-refractivity contribution in [3.05, 3.63) is 45.3 Å². The van der Waals surface area contributed by atoms with E-state index in [1.54, 1.807) is 18.2 Å². The molecule has 6 heteroatoms. The monoisotopic (exact) mass is 302 g/mol. The molecular formula is C12H9Cl3N2O. The highest BCUT2D eigenvalue weighted by Gasteiger charge is 2.06. The number of benzene rings is 1. The van der Waals surface area contributed by atoms with Crippen molar-refractivity contribution in [2.24, 2.45) is 0 Å². The molecule has 1 aromatic heterocycles. The third-order valence-electron chi connectivity index (χ3n) is 2.09. The second kappa shape index (κ2) is 5.74. The summed E-state index contributed by atoms with van der Waals surface area (Å²) in [5.41, 5.74) is 0. The van der Waals surface area contributed by atoms with Gasteiger partial charge in [-0.15, -0.1) is 0 Å². The van der Waals surface area contributed by atoms with Gasteiger partial charge in [0.2, 0.25) is 5.88 Å². The lowest BCUT2D eigenvalue weighted by molar-refractivity contribution is 0.459. The molecule has 0 amide bonds. The lowest BCUT2D eigenvalue weighted by atomic mass is 10.3. The summed E-state index contributed by atoms with van der Waals surface area (Å²) in [6.07, 6.45) is 0.674. The van der Waals surface area contributed by atoms with Crippen molar-refractivity contribution in [1.82, 2.24) is 9.97 Å². The molecule has 18 heavy (non-hydrogen) atoms. The summed E-state index contributed by atoms with van der Waals surface area (Å²) in [5, 5.41) is 1.33. The molecule has 0 atom stereocenters. The summed E-state index contributed by atoms with van der Waals surface area (Å²) in [4.78, 5) is 8.25. The standard InChI is InChI=1S/C12H9Cl3N2O/c1-2-11-16-10(15)6-12(17-11)18-9-4-7(13)3-8(14)5-9/h3-6H,2H2,1H3. The van der Waals surface area contributed by atoms with Gasteiger partial charge >= 0.3 is 0 Å². The zero-order chi connectivity index (χ0) is 13.1. The molecule has 2 aromatic rings. The van der Waals surface area contributed by atoms with Gasteiger partial charge in [-0.3, -0.25) is 0 Å². The molecule has 3 nitrogen and oxygen atoms in total. The van der Waals surface area contributed by atoms with Crippen molar-refractivity contribution < 1.29 is 4.74 Å². The Hall–Kier alpha value is -1.03. The first kappa shape index (κ1) is 13.4. The first-order chi connectivity index (χ1) is 8.56. The lowest BCUT2D eigenvalue weighted by Crippen LogP contribution is -1.96. The van der Waals surface area contributed by atoms with Gasteiger partial charge in [0.15, 0.2) is 0 Å². The minimum atomic E-state index is 0.338. The summed E-state index contributed by atoms with van der Waals surface area (Å²) < 4.78 is 5.56. The average molecular weight is 304 g/mol. The van der Waals surface area contributed by atoms with E-state index < -0.39 is 0 Å². The van der Waals surface area contributed by atoms with Crippen molar-refractivity contribution in [2.45, 2.75) is 13.3 Å². The van der Waals surface area contributed by atoms with E-state index in [1.807, 2.05) is 6.92 Å². The number of nitrogens with zero attached hydrogens (tertiary/aromatic N) is 2. The van der Waals surface area contributed by atoms with Gasteiger partial charge in [-0.1, -0.05) is 41.7 Å². The lowest BCUT2D eigenvalue weighted by Gasteiger charge is -2.07. The maximum absolute atomic E-state index is 5.88. The molecule has 0 unspecified atom stereocenters. The number of halogens is 3. The summed E-state index contributed by atoms with van der Waals surface area (Å²) in [7, 11) is 0. The van der Waals surface area contributed by atoms with Gasteiger partial charge in [0, 0.05) is 22.5 Å². The largest absolute Gasteiger partial charge is 0.439 e. The van der Waals surface area contributed by atoms with Gasteiger partial charge in [0.1, 0.15) is 16.7 Å². The van der Waals surface area contributed by atoms with Crippen LogP contribution in [0.3, 0.4) is 0 Å². The Morgan fingerprint density at radius 1 is 1.00 bits per heavy atom. The molecule has 0 saturated heterocycles. The molecule has 0 spiro atoms. The first-order valence-electron chi connectivity index (χ1n) is 5.24. The normalized spacial score (nSPS) is 10.4. The van der Waals surface area contributed by atoms with Crippen LogP contribution in [0.4, 0.5) is 0 Å². The second-order valence-electron chi connectivity index (χ2n) is 3.51. The van der Waals surface area contributed by atoms with Crippen LogP contribution in [-0.2, 0) is 6.42 Å². The SMILES string of the molecule is CCc1nc(Cl)cc(Oc2cc(Cl)cc(Cl)c2)n1. The van der Waals surface area contributed by atoms with E-state index >= 15 is 0 Å². The molecule has 0 aliphatic rings. The Labute approximate surface area is 120 Å². The fourth-order valence-corrected chi connectivity index (χ4v) is 2.06. The van der Waals surface area contributed by atoms with Crippen LogP contribution in [0.25, 0.3) is 0 Å². The predicted molar refractivity (Wildman–Crippen MR) is 73.0 cm³/mol. The maximum atomic E-state index is 5.88. The van der Waals surface area contributed by atoms with Crippen LogP contribution >= 0.6 is 34.8 Å². The van der Waals surface area contributed by atoms with Gasteiger partial charge in [-0.2, -0.15) is 4.98 Å². The third-order valence-corrected chi connectivity index (χ3v) is 2.72. The fraction of sp³-hybridized carbons (Fsp3) is 0.167. The fourth-order valence-electron chi connectivity index (χ4n) is 1.36. The zero-order valence-corrected chi connectivity index (χ0v) is 11.7. The zero-order valence-electron chi connectivity index (χ0n) is 9.45. The summed E-state index contributed by atoms with van der Waals surface area (Å²) in [6, 6.07) is 6.46. The molecular weight excluding hydrogens is 295 g/mol. The Kier molecular flexibility index (Phi) is 4.27. The third kappa shape index (κ3) is 3.48. The highest BCUT2D eigenvalue weighted by molar-refractivity contribution is 6.34. The molecule has 0 aliphatic carbocycles. The van der Waals surface area contributed by atoms with Gasteiger partial charge in [0.05, 0.1) is 0 Å². The van der Waals surface area contributed by atoms with E-state index in [2.05, 4.69) is 9.97 Å². The minimum Gasteiger partial charge on any atom is -0.439 e. The quantitative estimate of drug-likeness (QED) is 0.765. The van der Waals surface area contributed by atoms with Crippen LogP contribution in [-0.4, -0.2) is 9.97 Å². The number of ether oxygens (including phenoxy) is 1. The van der Waals surface area contributed by atoms with Crippen LogP contribution in [0.15, 0.2) is 24.3 Å². The van der Waals surface area contributed by atoms with E-state index in [1.165, 1.54) is 6.07 Å². The number of hydrogen-bond donors (Lipinski definition) is 0. The van der Waals surface area contributed by atoms with Crippen LogP contribution in [0, 0.1) is 0 Å². The number of aromatic nitrogens is 2. The van der Waals surface area contributed by atoms with Gasteiger partial charge < -0.3 is 4.74 Å². The molecule has 0 radical (unpaired) electrons. The molecule has 0 fully saturated rings. The van der Waals surface area contributed by atoms with Gasteiger partial charge in [-0.25, -0.2) is 4.98 Å². The Morgan fingerprint density at radius 2 is 1.67 bits per heavy atom. The molecule has 0 bridgehead atoms. The van der Waals surface area contributed by atoms with Crippen molar-refractivity contribution in [1.29, 1.82) is 0 Å². The van der Waals surface area contributed by atoms with Gasteiger partial charge in [0.25, 0.3) is 0 Å². The molecule has 1 aromatic carbocycles. The number of hydrogen-bond acceptors (Lipinski definition) is 3. The predicted octanol–water partition coefficient (Wildman–Crippen LogP) is 4.79. The molecule has 0 aliphatic heterocycles. The van der Waals surface area contributed by atoms with E-state index in [0.717, 1.165) is 0 Å². The van der Waals surface area contributed by atoms with Crippen LogP contribution in [0.1, 0.15) is 12.7 Å². The average Bonchev–Trinajstić information content (AvgIpc) is 2.26. The second-order valence-corrected chi connectivity index (χ2v) is 4.77. The topological polar surface area (TPSA) is 35.0 Å². The summed E-state index contributed by atoms with van der Waals surface area (Å²) >= 11 is 17.6. The van der Waals surface area contributed by atoms with E-state index in [4.69, 9.17) is 39.5 Å². The molecule has 0 N–H and O–H groups in total. The van der Waals surface area contributed by atoms with E-state index in [-0.39, 0.29) is 0 Å². The van der Waals surface area contributed by atoms with Gasteiger partial charge in [-0.05, 0) is 18.2 Å². The van der Waals surface area contributed by atoms with Crippen molar-refractivity contribution in [3.8, 4) is 11.6 Å². The maximum Gasteiger partial charge on any atom is 0.224 e. The minimum absolute atomic E-state index is 0.338. The van der Waals surface area contributed by atoms with Crippen LogP contribution in [0.2, 0.25) is 15.2 Å². The molecule has 0 saturated carbocycles. The molecule has 2 rings (SSSR count). The highest BCUT2D eigenvalue weighted by Crippen LogP contribution is 2.28. The Bertz CT molecular complexity index is 555. The van der Waals surface area contributed by atoms with E-state index in [9.17, 15) is 0 Å². The highest BCUT2D eigenvalue weighted by atomic mass is 35.5. The van der Waals surface area contributed by atoms with Crippen LogP contribution < -0.4 is 4.74 Å². The summed E-state index contributed by atoms with van der Waals surface area (Å²) in [6.45, 7) is 1.94. The first-order valence-corrected chi connectivity index (χ1v) is 6.37. The van der Waals surface area contributed by atoms with Crippen LogP contribution in [0.5, 0.6) is 11.6 Å². The smallest absolute Gasteiger partial charge is 0.224 e. The summed E-state index contributed by atoms with van der Waals surface area (Å²) in [5.74, 6) is 1.49. The Morgan fingerprint density at radius 3 is 2.28 bits per heavy atom. The molecule has 1 heterocycles. The molecule has 94 valence electrons.